The summed E-state index contributed by atoms with van der Waals surface area (Å²) in [6.07, 6.45) is -4.57. The van der Waals surface area contributed by atoms with Gasteiger partial charge in [0.25, 0.3) is 0 Å². The quantitative estimate of drug-likeness (QED) is 0.295. The topological polar surface area (TPSA) is 140 Å². The van der Waals surface area contributed by atoms with Crippen LogP contribution in [-0.2, 0) is 49.3 Å². The lowest BCUT2D eigenvalue weighted by Gasteiger charge is -2.44. The molecule has 2 aromatic carbocycles. The fourth-order valence-corrected chi connectivity index (χ4v) is 5.20. The minimum absolute atomic E-state index is 0.340. The highest BCUT2D eigenvalue weighted by Gasteiger charge is 2.53. The number of aryl methyl sites for hydroxylation is 1. The van der Waals surface area contributed by atoms with Gasteiger partial charge < -0.3 is 33.4 Å². The molecule has 0 radical (unpaired) electrons. The highest BCUT2D eigenvalue weighted by molar-refractivity contribution is 5.85. The second-order valence-corrected chi connectivity index (χ2v) is 10.1. The van der Waals surface area contributed by atoms with E-state index >= 15 is 0 Å². The maximum absolute atomic E-state index is 12.3. The Bertz CT molecular complexity index is 1450. The van der Waals surface area contributed by atoms with Gasteiger partial charge in [-0.3, -0.25) is 19.2 Å². The molecule has 6 atom stereocenters. The highest BCUT2D eigenvalue weighted by Crippen LogP contribution is 2.39. The summed E-state index contributed by atoms with van der Waals surface area (Å²) in [6.45, 7) is 6.45. The molecule has 1 unspecified atom stereocenters. The maximum Gasteiger partial charge on any atom is 0.303 e. The molecule has 1 fully saturated rings. The summed E-state index contributed by atoms with van der Waals surface area (Å²) in [4.78, 5) is 48.3. The van der Waals surface area contributed by atoms with Gasteiger partial charge in [0, 0.05) is 44.8 Å². The van der Waals surface area contributed by atoms with Crippen molar-refractivity contribution in [1.29, 1.82) is 0 Å². The highest BCUT2D eigenvalue weighted by atomic mass is 16.7. The number of aliphatic hydroxyl groups is 1. The van der Waals surface area contributed by atoms with Crippen LogP contribution >= 0.6 is 0 Å². The van der Waals surface area contributed by atoms with Crippen molar-refractivity contribution in [2.45, 2.75) is 77.8 Å². The van der Waals surface area contributed by atoms with E-state index in [1.54, 1.807) is 22.9 Å². The van der Waals surface area contributed by atoms with Gasteiger partial charge in [0.05, 0.1) is 5.52 Å². The summed E-state index contributed by atoms with van der Waals surface area (Å²) in [5.41, 5.74) is 2.99. The largest absolute Gasteiger partial charge is 0.463 e. The smallest absolute Gasteiger partial charge is 0.303 e. The Morgan fingerprint density at radius 3 is 2.02 bits per heavy atom. The lowest BCUT2D eigenvalue weighted by atomic mass is 9.97. The number of carbonyl (C=O) groups excluding carboxylic acids is 4. The van der Waals surface area contributed by atoms with Crippen LogP contribution in [0.5, 0.6) is 0 Å². The Morgan fingerprint density at radius 2 is 1.43 bits per heavy atom. The van der Waals surface area contributed by atoms with Crippen molar-refractivity contribution in [3.05, 3.63) is 71.4 Å². The molecule has 11 heteroatoms. The monoisotopic (exact) mass is 581 g/mol. The summed E-state index contributed by atoms with van der Waals surface area (Å²) in [7, 11) is 0. The Kier molecular flexibility index (Phi) is 9.64. The van der Waals surface area contributed by atoms with Crippen LogP contribution in [0.1, 0.15) is 63.6 Å². The van der Waals surface area contributed by atoms with E-state index in [4.69, 9.17) is 23.7 Å². The molecule has 1 aliphatic heterocycles. The zero-order valence-electron chi connectivity index (χ0n) is 24.1. The van der Waals surface area contributed by atoms with Crippen molar-refractivity contribution in [1.82, 2.24) is 4.57 Å². The molecule has 2 heterocycles. The number of benzene rings is 2. The van der Waals surface area contributed by atoms with Crippen LogP contribution in [0.15, 0.2) is 54.7 Å². The molecular weight excluding hydrogens is 546 g/mol. The number of rotatable bonds is 9. The van der Waals surface area contributed by atoms with E-state index in [-0.39, 0.29) is 6.61 Å². The van der Waals surface area contributed by atoms with Crippen LogP contribution in [0.4, 0.5) is 0 Å². The SMILES string of the molecule is CCc1ccc(C(O)c2cn([C@@H]3O[C@H](COC(C)=O)[C@@H](OC(C)=O)[C@H](OC(C)=O)[C@H]3OC(C)=O)c3ccccc23)cc1. The first-order valence-corrected chi connectivity index (χ1v) is 13.7. The number of hydrogen-bond donors (Lipinski definition) is 1. The first-order chi connectivity index (χ1) is 20.0. The van der Waals surface area contributed by atoms with E-state index in [9.17, 15) is 24.3 Å². The number of aromatic nitrogens is 1. The number of carbonyl (C=O) groups is 4. The van der Waals surface area contributed by atoms with Gasteiger partial charge in [0.15, 0.2) is 24.5 Å². The van der Waals surface area contributed by atoms with Crippen molar-refractivity contribution in [2.24, 2.45) is 0 Å². The number of esters is 4. The number of hydrogen-bond acceptors (Lipinski definition) is 10. The molecule has 1 aromatic heterocycles. The molecule has 0 aliphatic carbocycles. The number of aliphatic hydroxyl groups excluding tert-OH is 1. The molecular formula is C31H35NO10. The molecule has 224 valence electrons. The van der Waals surface area contributed by atoms with E-state index in [0.29, 0.717) is 22.0 Å². The molecule has 4 rings (SSSR count). The average Bonchev–Trinajstić information content (AvgIpc) is 3.32. The second-order valence-electron chi connectivity index (χ2n) is 10.1. The Hall–Kier alpha value is -4.22. The van der Waals surface area contributed by atoms with Crippen molar-refractivity contribution in [3.63, 3.8) is 0 Å². The maximum atomic E-state index is 12.3. The first-order valence-electron chi connectivity index (χ1n) is 13.7. The Morgan fingerprint density at radius 1 is 0.833 bits per heavy atom. The third-order valence-electron chi connectivity index (χ3n) is 7.01. The van der Waals surface area contributed by atoms with Crippen LogP contribution < -0.4 is 0 Å². The Balaban J connectivity index is 1.86. The van der Waals surface area contributed by atoms with Gasteiger partial charge in [0.1, 0.15) is 18.8 Å². The predicted octanol–water partition coefficient (Wildman–Crippen LogP) is 3.54. The van der Waals surface area contributed by atoms with Gasteiger partial charge >= 0.3 is 23.9 Å². The van der Waals surface area contributed by atoms with E-state index in [0.717, 1.165) is 12.0 Å². The summed E-state index contributed by atoms with van der Waals surface area (Å²) >= 11 is 0. The van der Waals surface area contributed by atoms with Crippen LogP contribution in [0, 0.1) is 0 Å². The van der Waals surface area contributed by atoms with Crippen molar-refractivity contribution < 1.29 is 48.0 Å². The van der Waals surface area contributed by atoms with E-state index in [1.807, 2.05) is 43.3 Å². The van der Waals surface area contributed by atoms with Gasteiger partial charge in [-0.25, -0.2) is 0 Å². The van der Waals surface area contributed by atoms with Crippen molar-refractivity contribution >= 4 is 34.8 Å². The van der Waals surface area contributed by atoms with Crippen molar-refractivity contribution in [2.75, 3.05) is 6.61 Å². The summed E-state index contributed by atoms with van der Waals surface area (Å²) in [5.74, 6) is -2.73. The minimum Gasteiger partial charge on any atom is -0.463 e. The summed E-state index contributed by atoms with van der Waals surface area (Å²) in [5, 5.41) is 12.2. The van der Waals surface area contributed by atoms with E-state index in [1.165, 1.54) is 27.7 Å². The fourth-order valence-electron chi connectivity index (χ4n) is 5.20. The third kappa shape index (κ3) is 6.80. The minimum atomic E-state index is -1.31. The predicted molar refractivity (Wildman–Crippen MR) is 149 cm³/mol. The number of ether oxygens (including phenoxy) is 5. The molecule has 42 heavy (non-hydrogen) atoms. The molecule has 0 spiro atoms. The molecule has 1 saturated heterocycles. The van der Waals surface area contributed by atoms with Gasteiger partial charge in [-0.05, 0) is 23.6 Å². The van der Waals surface area contributed by atoms with E-state index < -0.39 is 60.6 Å². The van der Waals surface area contributed by atoms with Crippen LogP contribution in [0.2, 0.25) is 0 Å². The molecule has 0 amide bonds. The number of nitrogens with zero attached hydrogens (tertiary/aromatic N) is 1. The zero-order valence-corrected chi connectivity index (χ0v) is 24.1. The molecule has 11 nitrogen and oxygen atoms in total. The molecule has 0 saturated carbocycles. The molecule has 1 N–H and O–H groups in total. The average molecular weight is 582 g/mol. The Labute approximate surface area is 243 Å². The van der Waals surface area contributed by atoms with E-state index in [2.05, 4.69) is 0 Å². The van der Waals surface area contributed by atoms with Gasteiger partial charge in [-0.15, -0.1) is 0 Å². The lowest BCUT2D eigenvalue weighted by molar-refractivity contribution is -0.267. The van der Waals surface area contributed by atoms with Crippen LogP contribution in [0.25, 0.3) is 10.9 Å². The second kappa shape index (κ2) is 13.2. The summed E-state index contributed by atoms with van der Waals surface area (Å²) < 4.78 is 30.0. The van der Waals surface area contributed by atoms with Gasteiger partial charge in [0.2, 0.25) is 0 Å². The van der Waals surface area contributed by atoms with Gasteiger partial charge in [-0.1, -0.05) is 49.4 Å². The van der Waals surface area contributed by atoms with Crippen molar-refractivity contribution in [3.8, 4) is 0 Å². The van der Waals surface area contributed by atoms with Crippen LogP contribution in [0.3, 0.4) is 0 Å². The number of para-hydroxylation sites is 1. The molecule has 1 aliphatic rings. The summed E-state index contributed by atoms with van der Waals surface area (Å²) in [6, 6.07) is 14.9. The lowest BCUT2D eigenvalue weighted by Crippen LogP contribution is -2.60. The number of fused-ring (bicyclic) bond motifs is 1. The normalized spacial score (nSPS) is 22.7. The molecule has 3 aromatic rings. The fraction of sp³-hybridized carbons (Fsp3) is 0.419. The standard InChI is InChI=1S/C31H35NO10/c1-6-21-11-13-22(14-12-21)27(37)24-15-32(25-10-8-7-9-23(24)25)31-30(41-20(5)36)29(40-19(4)35)28(39-18(3)34)26(42-31)16-38-17(2)33/h7-15,26-31,37H,6,16H2,1-5H3/t26-,27?,28-,29+,30-,31-/m1/s1. The zero-order chi connectivity index (χ0) is 30.6. The third-order valence-corrected chi connectivity index (χ3v) is 7.01. The van der Waals surface area contributed by atoms with Gasteiger partial charge in [-0.2, -0.15) is 0 Å². The van der Waals surface area contributed by atoms with Crippen LogP contribution in [-0.4, -0.2) is 64.6 Å². The first kappa shape index (κ1) is 30.7. The molecule has 0 bridgehead atoms.